The number of carboxylic acid groups (broad SMARTS) is 1. The zero-order valence-electron chi connectivity index (χ0n) is 15.8. The van der Waals surface area contributed by atoms with E-state index in [4.69, 9.17) is 16.3 Å². The van der Waals surface area contributed by atoms with E-state index < -0.39 is 33.1 Å². The van der Waals surface area contributed by atoms with Crippen molar-refractivity contribution < 1.29 is 41.9 Å². The first-order valence-corrected chi connectivity index (χ1v) is 10.6. The summed E-state index contributed by atoms with van der Waals surface area (Å²) in [5.74, 6) is -2.27. The second-order valence-corrected chi connectivity index (χ2v) is 9.43. The number of sulfone groups is 1. The van der Waals surface area contributed by atoms with Crippen molar-refractivity contribution in [3.63, 3.8) is 0 Å². The van der Waals surface area contributed by atoms with Crippen molar-refractivity contribution in [2.24, 2.45) is 5.92 Å². The fourth-order valence-electron chi connectivity index (χ4n) is 3.38. The van der Waals surface area contributed by atoms with E-state index in [1.807, 2.05) is 31.2 Å². The number of carbonyl (C=O) groups excluding carboxylic acids is 1. The van der Waals surface area contributed by atoms with Gasteiger partial charge in [0.15, 0.2) is 9.84 Å². The normalized spacial score (nSPS) is 21.9. The van der Waals surface area contributed by atoms with Crippen LogP contribution in [0.2, 0.25) is 5.02 Å². The Balaban J connectivity index is 0.00000280. The zero-order valence-corrected chi connectivity index (χ0v) is 17.4. The Labute approximate surface area is 182 Å². The van der Waals surface area contributed by atoms with Gasteiger partial charge >= 0.3 is 18.9 Å². The molecule has 28 heavy (non-hydrogen) atoms. The van der Waals surface area contributed by atoms with Crippen LogP contribution in [0, 0.1) is 12.8 Å². The van der Waals surface area contributed by atoms with Crippen molar-refractivity contribution in [1.82, 2.24) is 0 Å². The minimum Gasteiger partial charge on any atom is -0.550 e. The van der Waals surface area contributed by atoms with Gasteiger partial charge in [-0.1, -0.05) is 53.6 Å². The fourth-order valence-corrected chi connectivity index (χ4v) is 5.71. The van der Waals surface area contributed by atoms with Crippen LogP contribution in [-0.2, 0) is 26.0 Å². The molecule has 0 N–H and O–H groups in total. The van der Waals surface area contributed by atoms with Gasteiger partial charge in [0.1, 0.15) is 0 Å². The van der Waals surface area contributed by atoms with E-state index in [0.717, 1.165) is 11.1 Å². The average molecular weight is 415 g/mol. The largest absolute Gasteiger partial charge is 1.00 e. The molecule has 0 radical (unpaired) electrons. The summed E-state index contributed by atoms with van der Waals surface area (Å²) in [4.78, 5) is 11.6. The smallest absolute Gasteiger partial charge is 0.550 e. The monoisotopic (exact) mass is 414 g/mol. The molecule has 1 aliphatic carbocycles. The predicted molar refractivity (Wildman–Crippen MR) is 99.9 cm³/mol. The minimum absolute atomic E-state index is 0. The van der Waals surface area contributed by atoms with Gasteiger partial charge in [-0.2, -0.15) is 0 Å². The van der Waals surface area contributed by atoms with Crippen LogP contribution in [0.15, 0.2) is 53.4 Å². The zero-order chi connectivity index (χ0) is 19.6. The summed E-state index contributed by atoms with van der Waals surface area (Å²) in [6.07, 6.45) is -0.675. The van der Waals surface area contributed by atoms with Crippen LogP contribution < -0.4 is 24.0 Å². The van der Waals surface area contributed by atoms with E-state index in [9.17, 15) is 18.3 Å². The van der Waals surface area contributed by atoms with Crippen LogP contribution in [-0.4, -0.2) is 25.7 Å². The van der Waals surface area contributed by atoms with E-state index in [1.54, 1.807) is 12.1 Å². The molecule has 0 saturated heterocycles. The predicted octanol–water partition coefficient (Wildman–Crippen LogP) is -0.460. The van der Waals surface area contributed by atoms with Crippen LogP contribution in [0.3, 0.4) is 0 Å². The van der Waals surface area contributed by atoms with Crippen molar-refractivity contribution in [2.45, 2.75) is 42.6 Å². The molecule has 3 rings (SSSR count). The summed E-state index contributed by atoms with van der Waals surface area (Å²) in [6, 6.07) is 13.9. The summed E-state index contributed by atoms with van der Waals surface area (Å²) >= 11 is 6.04. The standard InChI is InChI=1S/C20H21ClO5S.Li/c1-13-6-8-14(9-7-13)12-26-18-11-15(10-16(18)20(22)23)27(24,25)19-5-3-2-4-17(19)21;/h2-9,15-16,18H,10-12H2,1H3,(H,22,23);/q;+1/p-1/t15-,16-,18-;/m0./s1. The third kappa shape index (κ3) is 5.00. The summed E-state index contributed by atoms with van der Waals surface area (Å²) in [5, 5.41) is 10.8. The second-order valence-electron chi connectivity index (χ2n) is 6.83. The number of halogens is 1. The number of carbonyl (C=O) groups is 1. The summed E-state index contributed by atoms with van der Waals surface area (Å²) in [6.45, 7) is 2.19. The first-order chi connectivity index (χ1) is 12.8. The van der Waals surface area contributed by atoms with Gasteiger partial charge in [-0.25, -0.2) is 8.42 Å². The van der Waals surface area contributed by atoms with Gasteiger partial charge in [-0.15, -0.1) is 0 Å². The Hall–Kier alpha value is -1.29. The molecule has 0 unspecified atom stereocenters. The molecule has 0 spiro atoms. The number of hydrogen-bond acceptors (Lipinski definition) is 5. The third-order valence-electron chi connectivity index (χ3n) is 4.93. The molecule has 144 valence electrons. The molecular formula is C20H20ClLiO5S. The number of carboxylic acids is 1. The number of benzene rings is 2. The molecule has 0 aliphatic heterocycles. The maximum Gasteiger partial charge on any atom is 1.00 e. The quantitative estimate of drug-likeness (QED) is 0.597. The van der Waals surface area contributed by atoms with Gasteiger partial charge in [0.05, 0.1) is 27.9 Å². The van der Waals surface area contributed by atoms with Crippen molar-refractivity contribution in [3.05, 3.63) is 64.7 Å². The summed E-state index contributed by atoms with van der Waals surface area (Å²) in [7, 11) is -3.76. The Morgan fingerprint density at radius 2 is 1.79 bits per heavy atom. The number of ether oxygens (including phenoxy) is 1. The molecule has 2 aromatic rings. The first-order valence-electron chi connectivity index (χ1n) is 8.65. The summed E-state index contributed by atoms with van der Waals surface area (Å²) < 4.78 is 31.6. The molecule has 3 atom stereocenters. The molecule has 0 heterocycles. The molecule has 1 aliphatic rings. The van der Waals surface area contributed by atoms with Crippen molar-refractivity contribution >= 4 is 27.4 Å². The molecular weight excluding hydrogens is 395 g/mol. The summed E-state index contributed by atoms with van der Waals surface area (Å²) in [5.41, 5.74) is 2.01. The van der Waals surface area contributed by atoms with Gasteiger partial charge in [0.25, 0.3) is 0 Å². The molecule has 1 fully saturated rings. The number of aliphatic carboxylic acids is 1. The van der Waals surface area contributed by atoms with Gasteiger partial charge < -0.3 is 14.6 Å². The number of rotatable bonds is 6. The fraction of sp³-hybridized carbons (Fsp3) is 0.350. The van der Waals surface area contributed by atoms with E-state index in [1.165, 1.54) is 12.1 Å². The van der Waals surface area contributed by atoms with Crippen LogP contribution in [0.5, 0.6) is 0 Å². The van der Waals surface area contributed by atoms with E-state index in [0.29, 0.717) is 0 Å². The first kappa shape index (κ1) is 23.0. The van der Waals surface area contributed by atoms with E-state index >= 15 is 0 Å². The van der Waals surface area contributed by atoms with Gasteiger partial charge in [-0.05, 0) is 37.5 Å². The van der Waals surface area contributed by atoms with Gasteiger partial charge in [0, 0.05) is 11.9 Å². The SMILES string of the molecule is Cc1ccc(CO[C@H]2C[C@@H](S(=O)(=O)c3ccccc3Cl)C[C@@H]2C(=O)[O-])cc1.[Li+]. The molecule has 2 aromatic carbocycles. The molecule has 8 heteroatoms. The van der Waals surface area contributed by atoms with Gasteiger partial charge in [-0.3, -0.25) is 0 Å². The van der Waals surface area contributed by atoms with E-state index in [-0.39, 0.29) is 48.2 Å². The third-order valence-corrected chi connectivity index (χ3v) is 7.60. The van der Waals surface area contributed by atoms with Crippen LogP contribution >= 0.6 is 11.6 Å². The Bertz CT molecular complexity index is 930. The Kier molecular flexibility index (Phi) is 7.78. The van der Waals surface area contributed by atoms with Crippen LogP contribution in [0.4, 0.5) is 0 Å². The molecule has 0 aromatic heterocycles. The van der Waals surface area contributed by atoms with Crippen molar-refractivity contribution in [3.8, 4) is 0 Å². The maximum absolute atomic E-state index is 12.9. The Morgan fingerprint density at radius 1 is 1.14 bits per heavy atom. The second kappa shape index (κ2) is 9.47. The van der Waals surface area contributed by atoms with Crippen molar-refractivity contribution in [1.29, 1.82) is 0 Å². The number of aryl methyl sites for hydroxylation is 1. The van der Waals surface area contributed by atoms with Gasteiger partial charge in [0.2, 0.25) is 0 Å². The van der Waals surface area contributed by atoms with Crippen molar-refractivity contribution in [2.75, 3.05) is 0 Å². The molecule has 0 amide bonds. The molecule has 5 nitrogen and oxygen atoms in total. The molecule has 0 bridgehead atoms. The Morgan fingerprint density at radius 3 is 2.39 bits per heavy atom. The van der Waals surface area contributed by atoms with E-state index in [2.05, 4.69) is 0 Å². The van der Waals surface area contributed by atoms with Crippen LogP contribution in [0.1, 0.15) is 24.0 Å². The van der Waals surface area contributed by atoms with Crippen LogP contribution in [0.25, 0.3) is 0 Å². The topological polar surface area (TPSA) is 83.5 Å². The average Bonchev–Trinajstić information content (AvgIpc) is 3.07. The minimum atomic E-state index is -3.76. The molecule has 1 saturated carbocycles. The number of hydrogen-bond donors (Lipinski definition) is 0. The maximum atomic E-state index is 12.9.